The molecule has 0 unspecified atom stereocenters. The van der Waals surface area contributed by atoms with E-state index >= 15 is 0 Å². The molecule has 6 rings (SSSR count). The van der Waals surface area contributed by atoms with E-state index in [1.807, 2.05) is 36.4 Å². The molecule has 0 amide bonds. The van der Waals surface area contributed by atoms with Gasteiger partial charge in [-0.15, -0.1) is 0 Å². The molecule has 2 nitrogen and oxygen atoms in total. The van der Waals surface area contributed by atoms with E-state index in [4.69, 9.17) is 23.2 Å². The molecule has 0 aliphatic carbocycles. The third-order valence-electron chi connectivity index (χ3n) is 6.53. The van der Waals surface area contributed by atoms with Crippen LogP contribution in [-0.2, 0) is 11.1 Å². The van der Waals surface area contributed by atoms with E-state index in [-0.39, 0.29) is 0 Å². The molecule has 2 atom stereocenters. The number of anilines is 2. The Morgan fingerprint density at radius 1 is 0.531 bits per heavy atom. The number of halogens is 4. The number of benzene rings is 4. The highest BCUT2D eigenvalue weighted by atomic mass is 79.9. The molecule has 0 spiro atoms. The van der Waals surface area contributed by atoms with Gasteiger partial charge in [0.25, 0.3) is 0 Å². The zero-order chi connectivity index (χ0) is 22.1. The van der Waals surface area contributed by atoms with Gasteiger partial charge in [0.2, 0.25) is 0 Å². The Morgan fingerprint density at radius 2 is 0.938 bits per heavy atom. The summed E-state index contributed by atoms with van der Waals surface area (Å²) in [5.74, 6) is 0. The Bertz CT molecular complexity index is 1300. The fourth-order valence-electron chi connectivity index (χ4n) is 5.36. The summed E-state index contributed by atoms with van der Waals surface area (Å²) >= 11 is 21.2. The fourth-order valence-corrected chi connectivity index (χ4v) is 6.64. The smallest absolute Gasteiger partial charge is 0.124 e. The van der Waals surface area contributed by atoms with Gasteiger partial charge in [-0.3, -0.25) is 0 Å². The molecule has 0 saturated carbocycles. The lowest BCUT2D eigenvalue weighted by molar-refractivity contribution is 0.439. The summed E-state index contributed by atoms with van der Waals surface area (Å²) in [7, 11) is 0. The second-order valence-electron chi connectivity index (χ2n) is 8.09. The van der Waals surface area contributed by atoms with Crippen LogP contribution in [0, 0.1) is 0 Å². The van der Waals surface area contributed by atoms with Crippen molar-refractivity contribution >= 4 is 66.4 Å². The van der Waals surface area contributed by atoms with E-state index < -0.39 is 11.1 Å². The number of hydrogen-bond acceptors (Lipinski definition) is 2. The Hall–Kier alpha value is -1.98. The molecule has 4 aromatic rings. The molecule has 0 saturated heterocycles. The van der Waals surface area contributed by atoms with Gasteiger partial charge in [-0.2, -0.15) is 0 Å². The molecule has 2 aliphatic heterocycles. The van der Waals surface area contributed by atoms with Gasteiger partial charge in [0.1, 0.15) is 11.1 Å². The van der Waals surface area contributed by atoms with Crippen molar-refractivity contribution in [2.24, 2.45) is 0 Å². The van der Waals surface area contributed by atoms with Crippen LogP contribution in [-0.4, -0.2) is 0 Å². The molecule has 0 aromatic heterocycles. The molecule has 0 fully saturated rings. The van der Waals surface area contributed by atoms with Crippen LogP contribution in [0.25, 0.3) is 0 Å². The van der Waals surface area contributed by atoms with Crippen molar-refractivity contribution in [3.05, 3.63) is 126 Å². The molecule has 4 aromatic carbocycles. The minimum Gasteiger partial charge on any atom is -0.369 e. The Labute approximate surface area is 213 Å². The molecule has 2 N–H and O–H groups in total. The number of fused-ring (bicyclic) bond motifs is 5. The molecule has 2 aliphatic rings. The average molecular weight is 587 g/mol. The van der Waals surface area contributed by atoms with Crippen molar-refractivity contribution in [1.82, 2.24) is 0 Å². The Kier molecular flexibility index (Phi) is 4.68. The Balaban J connectivity index is 1.83. The summed E-state index contributed by atoms with van der Waals surface area (Å²) in [6.07, 6.45) is 0. The maximum Gasteiger partial charge on any atom is 0.124 e. The molecule has 2 heterocycles. The van der Waals surface area contributed by atoms with Crippen LogP contribution < -0.4 is 10.6 Å². The normalized spacial score (nSPS) is 22.5. The second kappa shape index (κ2) is 7.26. The summed E-state index contributed by atoms with van der Waals surface area (Å²) in [6.45, 7) is 0. The zero-order valence-corrected chi connectivity index (χ0v) is 21.3. The lowest BCUT2D eigenvalue weighted by Crippen LogP contribution is -2.52. The van der Waals surface area contributed by atoms with Gasteiger partial charge in [-0.25, -0.2) is 0 Å². The van der Waals surface area contributed by atoms with Gasteiger partial charge in [-0.05, 0) is 48.5 Å². The van der Waals surface area contributed by atoms with Gasteiger partial charge in [0, 0.05) is 52.6 Å². The first-order valence-corrected chi connectivity index (χ1v) is 12.5. The van der Waals surface area contributed by atoms with Crippen LogP contribution in [0.1, 0.15) is 22.3 Å². The van der Waals surface area contributed by atoms with Gasteiger partial charge in [-0.1, -0.05) is 91.5 Å². The molecule has 6 heteroatoms. The standard InChI is InChI=1S/C26H16Br2Cl2N2/c27-15-9-11-23-19(13-15)25(17-5-1-3-7-21(17)29)26(32-23,18-6-2-4-8-22(18)30)20-14-16(28)10-12-24(20)31-25/h1-14,31-32H/t25-,26+. The van der Waals surface area contributed by atoms with Crippen LogP contribution in [0.4, 0.5) is 11.4 Å². The quantitative estimate of drug-likeness (QED) is 0.246. The monoisotopic (exact) mass is 584 g/mol. The largest absolute Gasteiger partial charge is 0.369 e. The van der Waals surface area contributed by atoms with Crippen LogP contribution in [0.2, 0.25) is 10.0 Å². The van der Waals surface area contributed by atoms with E-state index in [9.17, 15) is 0 Å². The van der Waals surface area contributed by atoms with Gasteiger partial charge >= 0.3 is 0 Å². The summed E-state index contributed by atoms with van der Waals surface area (Å²) in [4.78, 5) is 0. The highest BCUT2D eigenvalue weighted by molar-refractivity contribution is 9.10. The maximum atomic E-state index is 6.91. The molecule has 0 radical (unpaired) electrons. The molecule has 158 valence electrons. The first kappa shape index (κ1) is 20.6. The van der Waals surface area contributed by atoms with Gasteiger partial charge in [0.15, 0.2) is 0 Å². The van der Waals surface area contributed by atoms with Crippen molar-refractivity contribution < 1.29 is 0 Å². The molecular formula is C26H16Br2Cl2N2. The van der Waals surface area contributed by atoms with E-state index in [1.165, 1.54) is 0 Å². The predicted octanol–water partition coefficient (Wildman–Crippen LogP) is 8.56. The predicted molar refractivity (Wildman–Crippen MR) is 140 cm³/mol. The van der Waals surface area contributed by atoms with E-state index in [0.717, 1.165) is 42.6 Å². The van der Waals surface area contributed by atoms with Crippen molar-refractivity contribution in [1.29, 1.82) is 0 Å². The van der Waals surface area contributed by atoms with Crippen LogP contribution >= 0.6 is 55.1 Å². The number of hydrogen-bond donors (Lipinski definition) is 2. The van der Waals surface area contributed by atoms with Crippen LogP contribution in [0.5, 0.6) is 0 Å². The van der Waals surface area contributed by atoms with Crippen molar-refractivity contribution in [3.63, 3.8) is 0 Å². The molecule has 0 bridgehead atoms. The molecular weight excluding hydrogens is 571 g/mol. The minimum atomic E-state index is -0.724. The van der Waals surface area contributed by atoms with Crippen molar-refractivity contribution in [2.45, 2.75) is 11.1 Å². The maximum absolute atomic E-state index is 6.91. The van der Waals surface area contributed by atoms with E-state index in [1.54, 1.807) is 0 Å². The highest BCUT2D eigenvalue weighted by Gasteiger charge is 2.66. The lowest BCUT2D eigenvalue weighted by atomic mass is 9.66. The van der Waals surface area contributed by atoms with Crippen LogP contribution in [0.3, 0.4) is 0 Å². The Morgan fingerprint density at radius 3 is 1.34 bits per heavy atom. The first-order valence-electron chi connectivity index (χ1n) is 10.1. The number of rotatable bonds is 2. The number of nitrogens with one attached hydrogen (secondary N) is 2. The lowest BCUT2D eigenvalue weighted by Gasteiger charge is -2.43. The minimum absolute atomic E-state index is 0.693. The van der Waals surface area contributed by atoms with E-state index in [0.29, 0.717) is 10.0 Å². The van der Waals surface area contributed by atoms with Crippen molar-refractivity contribution in [2.75, 3.05) is 10.6 Å². The topological polar surface area (TPSA) is 24.1 Å². The van der Waals surface area contributed by atoms with Crippen LogP contribution in [0.15, 0.2) is 93.9 Å². The highest BCUT2D eigenvalue weighted by Crippen LogP contribution is 2.66. The van der Waals surface area contributed by atoms with Gasteiger partial charge in [0.05, 0.1) is 0 Å². The SMILES string of the molecule is Clc1ccccc1[C@]12Nc3ccc(Br)cc3[C@]1(c1ccccc1Cl)Nc1ccc(Br)cc12. The first-order chi connectivity index (χ1) is 15.5. The summed E-state index contributed by atoms with van der Waals surface area (Å²) in [5.41, 5.74) is 4.80. The fraction of sp³-hybridized carbons (Fsp3) is 0.0769. The third-order valence-corrected chi connectivity index (χ3v) is 8.18. The zero-order valence-electron chi connectivity index (χ0n) is 16.6. The summed E-state index contributed by atoms with van der Waals surface area (Å²) in [6, 6.07) is 28.7. The van der Waals surface area contributed by atoms with Crippen molar-refractivity contribution in [3.8, 4) is 0 Å². The summed E-state index contributed by atoms with van der Waals surface area (Å²) in [5, 5.41) is 9.18. The third kappa shape index (κ3) is 2.58. The average Bonchev–Trinajstić information content (AvgIpc) is 3.22. The summed E-state index contributed by atoms with van der Waals surface area (Å²) < 4.78 is 2.00. The second-order valence-corrected chi connectivity index (χ2v) is 10.7. The molecule has 32 heavy (non-hydrogen) atoms. The van der Waals surface area contributed by atoms with E-state index in [2.05, 4.69) is 91.0 Å². The van der Waals surface area contributed by atoms with Gasteiger partial charge < -0.3 is 10.6 Å².